The van der Waals surface area contributed by atoms with Gasteiger partial charge in [0.2, 0.25) is 0 Å². The number of allylic oxidation sites excluding steroid dienone is 1. The van der Waals surface area contributed by atoms with E-state index < -0.39 is 40.7 Å². The third kappa shape index (κ3) is 3.35. The van der Waals surface area contributed by atoms with Crippen LogP contribution in [0.2, 0.25) is 0 Å². The van der Waals surface area contributed by atoms with Crippen molar-refractivity contribution in [2.75, 3.05) is 39.7 Å². The van der Waals surface area contributed by atoms with Gasteiger partial charge in [-0.05, 0) is 74.0 Å². The maximum Gasteiger partial charge on any atom is 0.255 e. The molecule has 1 aromatic carbocycles. The molecule has 0 saturated carbocycles. The topological polar surface area (TPSA) is 122 Å². The quantitative estimate of drug-likeness (QED) is 0.279. The van der Waals surface area contributed by atoms with Crippen molar-refractivity contribution in [3.8, 4) is 5.75 Å². The fourth-order valence-corrected chi connectivity index (χ4v) is 7.75. The number of hydrogen-bond donors (Lipinski definition) is 2. The summed E-state index contributed by atoms with van der Waals surface area (Å²) in [4.78, 5) is 44.6. The van der Waals surface area contributed by atoms with E-state index in [0.717, 1.165) is 14.8 Å². The summed E-state index contributed by atoms with van der Waals surface area (Å²) in [7, 11) is 7.46. The van der Waals surface area contributed by atoms with E-state index in [2.05, 4.69) is 29.2 Å². The first-order chi connectivity index (χ1) is 17.9. The first-order valence-electron chi connectivity index (χ1n) is 12.6. The van der Waals surface area contributed by atoms with E-state index in [-0.39, 0.29) is 24.1 Å². The van der Waals surface area contributed by atoms with Crippen LogP contribution in [0.4, 0.5) is 5.69 Å². The molecule has 1 spiro atoms. The number of ether oxygens (including phenoxy) is 2. The summed E-state index contributed by atoms with van der Waals surface area (Å²) >= 11 is 2.17. The zero-order chi connectivity index (χ0) is 27.8. The lowest BCUT2D eigenvalue weighted by atomic mass is 9.49. The molecule has 1 unspecified atom stereocenters. The number of ketones is 2. The second-order valence-electron chi connectivity index (χ2n) is 10.9. The number of anilines is 1. The maximum absolute atomic E-state index is 14.4. The maximum atomic E-state index is 14.4. The summed E-state index contributed by atoms with van der Waals surface area (Å²) in [6, 6.07) is 1.38. The van der Waals surface area contributed by atoms with Crippen LogP contribution in [-0.2, 0) is 20.7 Å². The van der Waals surface area contributed by atoms with E-state index in [9.17, 15) is 19.5 Å². The van der Waals surface area contributed by atoms with E-state index in [1.165, 1.54) is 0 Å². The van der Waals surface area contributed by atoms with Gasteiger partial charge in [0, 0.05) is 31.3 Å². The molecule has 1 fully saturated rings. The molecule has 4 aliphatic rings. The van der Waals surface area contributed by atoms with Crippen LogP contribution in [0.1, 0.15) is 29.3 Å². The number of aliphatic hydroxyl groups is 1. The van der Waals surface area contributed by atoms with Crippen molar-refractivity contribution < 1.29 is 29.0 Å². The Balaban J connectivity index is 1.77. The standard InChI is InChI=1S/C28H32IN3O6/c1-7-8-37-24-16(29)11-17(31(3)4)14-9-13-10-15-21(32(5)6)23(34)20(27(30)36)25(35)28(15)12(2)38-26(28)18(13)22(33)19(14)24/h7,11-13,15,21,34H,1,8-10H2,2-6H3,(H2,30,36)/t12?,13-,15-,21-,28-/m0/s1. The van der Waals surface area contributed by atoms with Crippen LogP contribution in [-0.4, -0.2) is 74.4 Å². The molecule has 0 aromatic heterocycles. The third-order valence-corrected chi connectivity index (χ3v) is 9.28. The number of carbonyl (C=O) groups is 3. The SMILES string of the molecule is C=CCOc1c(I)cc(N(C)C)c2c1C(=O)C1=C3OC(C)[C@]34C(=O)C(C(N)=O)=C(O)[C@@H](N(C)C)[C@@H]4C[C@@H]1C2. The van der Waals surface area contributed by atoms with Crippen molar-refractivity contribution in [2.24, 2.45) is 23.0 Å². The minimum absolute atomic E-state index is 0.231. The van der Waals surface area contributed by atoms with Crippen LogP contribution in [0.25, 0.3) is 0 Å². The first-order valence-corrected chi connectivity index (χ1v) is 13.6. The van der Waals surface area contributed by atoms with Gasteiger partial charge < -0.3 is 25.2 Å². The van der Waals surface area contributed by atoms with Crippen molar-refractivity contribution in [1.29, 1.82) is 0 Å². The highest BCUT2D eigenvalue weighted by molar-refractivity contribution is 14.1. The average molecular weight is 633 g/mol. The summed E-state index contributed by atoms with van der Waals surface area (Å²) in [5, 5.41) is 11.1. The second kappa shape index (κ2) is 9.11. The predicted octanol–water partition coefficient (Wildman–Crippen LogP) is 2.77. The van der Waals surface area contributed by atoms with Crippen molar-refractivity contribution >= 4 is 45.8 Å². The average Bonchev–Trinajstić information content (AvgIpc) is 2.81. The lowest BCUT2D eigenvalue weighted by Gasteiger charge is -2.61. The lowest BCUT2D eigenvalue weighted by Crippen LogP contribution is -2.68. The first kappa shape index (κ1) is 26.7. The van der Waals surface area contributed by atoms with E-state index in [4.69, 9.17) is 15.2 Å². The van der Waals surface area contributed by atoms with Crippen LogP contribution in [0.5, 0.6) is 5.75 Å². The number of nitrogens with two attached hydrogens (primary N) is 1. The smallest absolute Gasteiger partial charge is 0.255 e. The molecule has 0 radical (unpaired) electrons. The molecular weight excluding hydrogens is 601 g/mol. The van der Waals surface area contributed by atoms with Gasteiger partial charge >= 0.3 is 0 Å². The fourth-order valence-electron chi connectivity index (χ4n) is 7.03. The van der Waals surface area contributed by atoms with Crippen LogP contribution in [0, 0.1) is 20.8 Å². The molecular formula is C28H32IN3O6. The number of Topliss-reactive ketones (excluding diaryl/α,β-unsaturated/α-hetero) is 2. The fraction of sp³-hybridized carbons (Fsp3) is 0.464. The predicted molar refractivity (Wildman–Crippen MR) is 150 cm³/mol. The minimum atomic E-state index is -1.25. The van der Waals surface area contributed by atoms with Gasteiger partial charge in [0.15, 0.2) is 11.6 Å². The Morgan fingerprint density at radius 2 is 2.03 bits per heavy atom. The number of hydrogen-bond acceptors (Lipinski definition) is 8. The monoisotopic (exact) mass is 633 g/mol. The van der Waals surface area contributed by atoms with Gasteiger partial charge in [-0.1, -0.05) is 12.7 Å². The van der Waals surface area contributed by atoms with Crippen LogP contribution in [0.15, 0.2) is 41.4 Å². The molecule has 1 saturated heterocycles. The minimum Gasteiger partial charge on any atom is -0.510 e. The molecule has 5 rings (SSSR count). The number of benzene rings is 1. The Morgan fingerprint density at radius 3 is 2.58 bits per heavy atom. The lowest BCUT2D eigenvalue weighted by molar-refractivity contribution is -0.182. The molecule has 1 aromatic rings. The Kier molecular flexibility index (Phi) is 6.41. The van der Waals surface area contributed by atoms with E-state index in [0.29, 0.717) is 35.5 Å². The van der Waals surface area contributed by atoms with E-state index in [1.807, 2.05) is 25.1 Å². The number of carbonyl (C=O) groups excluding carboxylic acids is 3. The van der Waals surface area contributed by atoms with Crippen molar-refractivity contribution in [3.05, 3.63) is 56.1 Å². The Morgan fingerprint density at radius 1 is 1.34 bits per heavy atom. The van der Waals surface area contributed by atoms with E-state index in [1.54, 1.807) is 32.0 Å². The largest absolute Gasteiger partial charge is 0.510 e. The molecule has 3 N–H and O–H groups in total. The Hall–Kier alpha value is -2.86. The number of aliphatic hydroxyl groups excluding tert-OH is 1. The molecule has 3 aliphatic carbocycles. The van der Waals surface area contributed by atoms with Crippen LogP contribution >= 0.6 is 22.6 Å². The molecule has 9 nitrogen and oxygen atoms in total. The number of amides is 1. The van der Waals surface area contributed by atoms with Crippen LogP contribution in [0.3, 0.4) is 0 Å². The Labute approximate surface area is 235 Å². The number of halogens is 1. The highest BCUT2D eigenvalue weighted by Gasteiger charge is 2.71. The summed E-state index contributed by atoms with van der Waals surface area (Å²) in [6.07, 6.45) is 2.04. The normalized spacial score (nSPS) is 29.6. The molecule has 5 atom stereocenters. The molecule has 1 aliphatic heterocycles. The van der Waals surface area contributed by atoms with Gasteiger partial charge in [-0.25, -0.2) is 0 Å². The van der Waals surface area contributed by atoms with Gasteiger partial charge in [0.05, 0.1) is 15.2 Å². The van der Waals surface area contributed by atoms with Gasteiger partial charge in [0.25, 0.3) is 5.91 Å². The zero-order valence-electron chi connectivity index (χ0n) is 22.1. The summed E-state index contributed by atoms with van der Waals surface area (Å²) < 4.78 is 12.9. The van der Waals surface area contributed by atoms with Crippen LogP contribution < -0.4 is 15.4 Å². The number of primary amides is 1. The summed E-state index contributed by atoms with van der Waals surface area (Å²) in [5.41, 5.74) is 6.69. The second-order valence-corrected chi connectivity index (χ2v) is 12.0. The van der Waals surface area contributed by atoms with Gasteiger partial charge in [-0.15, -0.1) is 0 Å². The van der Waals surface area contributed by atoms with Gasteiger partial charge in [-0.2, -0.15) is 0 Å². The molecule has 10 heteroatoms. The van der Waals surface area contributed by atoms with Crippen molar-refractivity contribution in [1.82, 2.24) is 4.90 Å². The molecule has 38 heavy (non-hydrogen) atoms. The Bertz CT molecular complexity index is 1360. The summed E-state index contributed by atoms with van der Waals surface area (Å²) in [6.45, 7) is 5.75. The number of rotatable bonds is 6. The highest BCUT2D eigenvalue weighted by atomic mass is 127. The zero-order valence-corrected chi connectivity index (χ0v) is 24.3. The number of likely N-dealkylation sites (N-methyl/N-ethyl adjacent to an activating group) is 1. The highest BCUT2D eigenvalue weighted by Crippen LogP contribution is 2.65. The third-order valence-electron chi connectivity index (χ3n) is 8.48. The number of nitrogens with zero attached hydrogens (tertiary/aromatic N) is 2. The van der Waals surface area contributed by atoms with Crippen molar-refractivity contribution in [2.45, 2.75) is 31.9 Å². The molecule has 0 bridgehead atoms. The van der Waals surface area contributed by atoms with E-state index >= 15 is 0 Å². The van der Waals surface area contributed by atoms with Crippen molar-refractivity contribution in [3.63, 3.8) is 0 Å². The molecule has 1 heterocycles. The van der Waals surface area contributed by atoms with Gasteiger partial charge in [-0.3, -0.25) is 19.3 Å². The molecule has 1 amide bonds. The molecule has 202 valence electrons. The summed E-state index contributed by atoms with van der Waals surface area (Å²) in [5.74, 6) is -1.93. The van der Waals surface area contributed by atoms with Gasteiger partial charge in [0.1, 0.15) is 41.0 Å². The number of fused-ring (bicyclic) bond motifs is 2.